The maximum Gasteiger partial charge on any atom is 0.367 e. The molecule has 0 fully saturated rings. The van der Waals surface area contributed by atoms with Crippen LogP contribution in [-0.2, 0) is 28.7 Å². The summed E-state index contributed by atoms with van der Waals surface area (Å²) in [7, 11) is 0. The Labute approximate surface area is 201 Å². The Balaban J connectivity index is 2.18. The monoisotopic (exact) mass is 472 g/mol. The first-order valence-electron chi connectivity index (χ1n) is 11.8. The van der Waals surface area contributed by atoms with E-state index in [4.69, 9.17) is 14.3 Å². The van der Waals surface area contributed by atoms with Gasteiger partial charge in [0.1, 0.15) is 18.8 Å². The molecule has 2 rings (SSSR count). The molecule has 1 aliphatic heterocycles. The molecule has 0 unspecified atom stereocenters. The van der Waals surface area contributed by atoms with E-state index in [1.165, 1.54) is 0 Å². The molecule has 8 heteroatoms. The average Bonchev–Trinajstić information content (AvgIpc) is 3.15. The van der Waals surface area contributed by atoms with Crippen LogP contribution in [0.15, 0.2) is 35.0 Å². The topological polar surface area (TPSA) is 94.5 Å². The van der Waals surface area contributed by atoms with E-state index < -0.39 is 17.9 Å². The van der Waals surface area contributed by atoms with Crippen molar-refractivity contribution in [2.24, 2.45) is 10.6 Å². The van der Waals surface area contributed by atoms with Crippen molar-refractivity contribution in [1.29, 1.82) is 0 Å². The predicted octanol–water partition coefficient (Wildman–Crippen LogP) is 4.52. The summed E-state index contributed by atoms with van der Waals surface area (Å²) < 4.78 is 10.6. The van der Waals surface area contributed by atoms with E-state index in [1.54, 1.807) is 23.1 Å². The molecule has 0 N–H and O–H groups in total. The highest BCUT2D eigenvalue weighted by Crippen LogP contribution is 2.28. The Morgan fingerprint density at radius 1 is 0.971 bits per heavy atom. The van der Waals surface area contributed by atoms with Gasteiger partial charge in [0.2, 0.25) is 0 Å². The largest absolute Gasteiger partial charge is 0.464 e. The second-order valence-corrected chi connectivity index (χ2v) is 9.22. The average molecular weight is 473 g/mol. The van der Waals surface area contributed by atoms with E-state index >= 15 is 0 Å². The third kappa shape index (κ3) is 8.32. The summed E-state index contributed by atoms with van der Waals surface area (Å²) in [6, 6.07) is 7.20. The molecule has 8 nitrogen and oxygen atoms in total. The Morgan fingerprint density at radius 3 is 1.97 bits per heavy atom. The van der Waals surface area contributed by atoms with E-state index in [9.17, 15) is 14.4 Å². The summed E-state index contributed by atoms with van der Waals surface area (Å²) in [6.45, 7) is 10.5. The summed E-state index contributed by atoms with van der Waals surface area (Å²) >= 11 is 0. The zero-order chi connectivity index (χ0) is 25.1. The van der Waals surface area contributed by atoms with Crippen molar-refractivity contribution in [3.8, 4) is 0 Å². The van der Waals surface area contributed by atoms with Gasteiger partial charge in [-0.05, 0) is 36.6 Å². The van der Waals surface area contributed by atoms with Gasteiger partial charge in [0.25, 0.3) is 0 Å². The molecule has 0 aliphatic carbocycles. The molecule has 1 aromatic rings. The van der Waals surface area contributed by atoms with E-state index in [0.29, 0.717) is 30.2 Å². The minimum atomic E-state index is -0.486. The number of oxime groups is 1. The first-order chi connectivity index (χ1) is 16.2. The van der Waals surface area contributed by atoms with Crippen LogP contribution < -0.4 is 4.90 Å². The predicted molar refractivity (Wildman–Crippen MR) is 131 cm³/mol. The zero-order valence-electron chi connectivity index (χ0n) is 20.9. The molecule has 186 valence electrons. The lowest BCUT2D eigenvalue weighted by Crippen LogP contribution is -2.36. The van der Waals surface area contributed by atoms with Crippen LogP contribution in [0.4, 0.5) is 5.69 Å². The van der Waals surface area contributed by atoms with Crippen LogP contribution in [0.2, 0.25) is 0 Å². The van der Waals surface area contributed by atoms with Crippen molar-refractivity contribution in [3.63, 3.8) is 0 Å². The van der Waals surface area contributed by atoms with Crippen LogP contribution >= 0.6 is 0 Å². The lowest BCUT2D eigenvalue weighted by Gasteiger charge is -2.23. The number of nitrogens with zero attached hydrogens (tertiary/aromatic N) is 2. The van der Waals surface area contributed by atoms with Crippen molar-refractivity contribution < 1.29 is 28.7 Å². The molecule has 1 aliphatic rings. The van der Waals surface area contributed by atoms with Gasteiger partial charge in [-0.1, -0.05) is 64.7 Å². The molecule has 0 bridgehead atoms. The summed E-state index contributed by atoms with van der Waals surface area (Å²) in [5.41, 5.74) is 2.10. The van der Waals surface area contributed by atoms with Crippen molar-refractivity contribution in [2.45, 2.75) is 60.3 Å². The quantitative estimate of drug-likeness (QED) is 0.191. The zero-order valence-corrected chi connectivity index (χ0v) is 20.9. The highest BCUT2D eigenvalue weighted by atomic mass is 16.7. The van der Waals surface area contributed by atoms with Crippen molar-refractivity contribution >= 4 is 35.4 Å². The second kappa shape index (κ2) is 12.9. The maximum absolute atomic E-state index is 12.3. The van der Waals surface area contributed by atoms with E-state index in [1.807, 2.05) is 46.8 Å². The molecular weight excluding hydrogens is 436 g/mol. The smallest absolute Gasteiger partial charge is 0.367 e. The standard InChI is InChI=1S/C26H36N2O6/c1-6-8-14-32-22(29)17-28(18-23(30)33-15-9-7-2)20-12-10-19(11-13-20)16-21-24(26(3,4)5)27-34-25(21)31/h10-13,16H,6-9,14-15,17-18H2,1-5H3. The molecule has 1 heterocycles. The van der Waals surface area contributed by atoms with E-state index in [-0.39, 0.29) is 18.5 Å². The van der Waals surface area contributed by atoms with Gasteiger partial charge < -0.3 is 19.2 Å². The summed E-state index contributed by atoms with van der Waals surface area (Å²) in [4.78, 5) is 43.3. The van der Waals surface area contributed by atoms with Crippen LogP contribution in [0, 0.1) is 5.41 Å². The van der Waals surface area contributed by atoms with Crippen LogP contribution in [0.3, 0.4) is 0 Å². The van der Waals surface area contributed by atoms with Crippen LogP contribution in [0.25, 0.3) is 6.08 Å². The fourth-order valence-electron chi connectivity index (χ4n) is 3.20. The maximum atomic E-state index is 12.3. The van der Waals surface area contributed by atoms with Gasteiger partial charge in [-0.25, -0.2) is 4.79 Å². The van der Waals surface area contributed by atoms with Gasteiger partial charge >= 0.3 is 17.9 Å². The minimum absolute atomic E-state index is 0.0693. The Kier molecular flexibility index (Phi) is 10.3. The molecule has 34 heavy (non-hydrogen) atoms. The van der Waals surface area contributed by atoms with Crippen molar-refractivity contribution in [1.82, 2.24) is 0 Å². The van der Waals surface area contributed by atoms with Gasteiger partial charge in [-0.15, -0.1) is 0 Å². The fourth-order valence-corrected chi connectivity index (χ4v) is 3.20. The Bertz CT molecular complexity index is 888. The normalized spacial score (nSPS) is 14.6. The van der Waals surface area contributed by atoms with E-state index in [2.05, 4.69) is 5.16 Å². The molecule has 0 aromatic heterocycles. The molecule has 0 amide bonds. The number of hydrogen-bond donors (Lipinski definition) is 0. The third-order valence-electron chi connectivity index (χ3n) is 5.14. The lowest BCUT2D eigenvalue weighted by atomic mass is 9.85. The third-order valence-corrected chi connectivity index (χ3v) is 5.14. The van der Waals surface area contributed by atoms with Crippen molar-refractivity contribution in [2.75, 3.05) is 31.2 Å². The number of unbranched alkanes of at least 4 members (excludes halogenated alkanes) is 2. The molecule has 0 radical (unpaired) electrons. The second-order valence-electron chi connectivity index (χ2n) is 9.22. The van der Waals surface area contributed by atoms with Crippen LogP contribution in [0.5, 0.6) is 0 Å². The number of hydrogen-bond acceptors (Lipinski definition) is 8. The molecular formula is C26H36N2O6. The molecule has 0 saturated carbocycles. The summed E-state index contributed by atoms with van der Waals surface area (Å²) in [5, 5.41) is 3.93. The number of esters is 2. The number of ether oxygens (including phenoxy) is 2. The number of carbonyl (C=O) groups excluding carboxylic acids is 3. The van der Waals surface area contributed by atoms with Crippen molar-refractivity contribution in [3.05, 3.63) is 35.4 Å². The molecule has 0 spiro atoms. The highest BCUT2D eigenvalue weighted by molar-refractivity contribution is 6.26. The van der Waals surface area contributed by atoms with Gasteiger partial charge in [0.05, 0.1) is 18.8 Å². The molecule has 0 saturated heterocycles. The lowest BCUT2D eigenvalue weighted by molar-refractivity contribution is -0.143. The Hall–Kier alpha value is -3.16. The van der Waals surface area contributed by atoms with Gasteiger partial charge in [-0.2, -0.15) is 0 Å². The van der Waals surface area contributed by atoms with Crippen LogP contribution in [-0.4, -0.2) is 49.9 Å². The molecule has 0 atom stereocenters. The number of rotatable bonds is 12. The fraction of sp³-hybridized carbons (Fsp3) is 0.538. The first-order valence-corrected chi connectivity index (χ1v) is 11.8. The van der Waals surface area contributed by atoms with E-state index in [0.717, 1.165) is 31.2 Å². The highest BCUT2D eigenvalue weighted by Gasteiger charge is 2.33. The number of benzene rings is 1. The molecule has 1 aromatic carbocycles. The van der Waals surface area contributed by atoms with Gasteiger partial charge in [0.15, 0.2) is 0 Å². The summed E-state index contributed by atoms with van der Waals surface area (Å²) in [6.07, 6.45) is 5.15. The number of anilines is 1. The number of carbonyl (C=O) groups is 3. The summed E-state index contributed by atoms with van der Waals surface area (Å²) in [5.74, 6) is -1.29. The Morgan fingerprint density at radius 2 is 1.50 bits per heavy atom. The van der Waals surface area contributed by atoms with Gasteiger partial charge in [0, 0.05) is 11.1 Å². The van der Waals surface area contributed by atoms with Crippen LogP contribution in [0.1, 0.15) is 65.9 Å². The van der Waals surface area contributed by atoms with Gasteiger partial charge in [-0.3, -0.25) is 9.59 Å². The SMILES string of the molecule is CCCCOC(=O)CN(CC(=O)OCCCC)c1ccc(C=C2C(=O)ON=C2C(C)(C)C)cc1. The first kappa shape index (κ1) is 27.1. The minimum Gasteiger partial charge on any atom is -0.464 e.